The smallest absolute Gasteiger partial charge is 0.0547 e. The molecule has 0 amide bonds. The molecule has 11 aromatic rings. The Morgan fingerprint density at radius 3 is 1.26 bits per heavy atom. The quantitative estimate of drug-likeness (QED) is 0.171. The number of rotatable bonds is 5. The van der Waals surface area contributed by atoms with Crippen molar-refractivity contribution in [2.75, 3.05) is 0 Å². The number of fused-ring (bicyclic) bond motifs is 7. The molecule has 2 aromatic heterocycles. The first-order valence-corrected chi connectivity index (χ1v) is 18.6. The van der Waals surface area contributed by atoms with Crippen LogP contribution in [0.5, 0.6) is 0 Å². The minimum atomic E-state index is 1.14. The van der Waals surface area contributed by atoms with E-state index in [2.05, 4.69) is 215 Å². The Kier molecular flexibility index (Phi) is 6.90. The zero-order valence-corrected chi connectivity index (χ0v) is 29.5. The first-order chi connectivity index (χ1) is 26.8. The van der Waals surface area contributed by atoms with Gasteiger partial charge in [-0.1, -0.05) is 152 Å². The number of nitrogens with zero attached hydrogens (tertiary/aromatic N) is 2. The second-order valence-electron chi connectivity index (χ2n) is 14.2. The number of benzene rings is 9. The Morgan fingerprint density at radius 2 is 0.685 bits per heavy atom. The van der Waals surface area contributed by atoms with Crippen LogP contribution in [0.15, 0.2) is 206 Å². The summed E-state index contributed by atoms with van der Waals surface area (Å²) < 4.78 is 4.88. The van der Waals surface area contributed by atoms with Crippen molar-refractivity contribution in [2.45, 2.75) is 0 Å². The van der Waals surface area contributed by atoms with Crippen molar-refractivity contribution in [1.29, 1.82) is 0 Å². The molecule has 0 aliphatic carbocycles. The molecule has 0 spiro atoms. The second-order valence-corrected chi connectivity index (χ2v) is 14.2. The van der Waals surface area contributed by atoms with Crippen LogP contribution < -0.4 is 0 Å². The Bertz CT molecular complexity index is 3140. The Morgan fingerprint density at radius 1 is 0.222 bits per heavy atom. The van der Waals surface area contributed by atoms with Gasteiger partial charge in [0.25, 0.3) is 0 Å². The summed E-state index contributed by atoms with van der Waals surface area (Å²) in [6.45, 7) is 0. The summed E-state index contributed by atoms with van der Waals surface area (Å²) in [4.78, 5) is 0. The van der Waals surface area contributed by atoms with Gasteiger partial charge in [-0.15, -0.1) is 0 Å². The van der Waals surface area contributed by atoms with Gasteiger partial charge in [0.15, 0.2) is 0 Å². The largest absolute Gasteiger partial charge is 0.309 e. The summed E-state index contributed by atoms with van der Waals surface area (Å²) in [6, 6.07) is 75.4. The van der Waals surface area contributed by atoms with Crippen molar-refractivity contribution in [2.24, 2.45) is 0 Å². The maximum Gasteiger partial charge on any atom is 0.0547 e. The molecule has 0 N–H and O–H groups in total. The van der Waals surface area contributed by atoms with Crippen LogP contribution in [0, 0.1) is 0 Å². The Balaban J connectivity index is 1.14. The molecule has 2 nitrogen and oxygen atoms in total. The van der Waals surface area contributed by atoms with Crippen LogP contribution in [-0.2, 0) is 0 Å². The summed E-state index contributed by atoms with van der Waals surface area (Å²) in [5.41, 5.74) is 14.3. The lowest BCUT2D eigenvalue weighted by Gasteiger charge is -2.14. The highest BCUT2D eigenvalue weighted by molar-refractivity contribution is 6.12. The number of hydrogen-bond donors (Lipinski definition) is 0. The van der Waals surface area contributed by atoms with Crippen LogP contribution in [0.4, 0.5) is 0 Å². The number of aromatic nitrogens is 2. The molecule has 54 heavy (non-hydrogen) atoms. The van der Waals surface area contributed by atoms with Crippen LogP contribution in [-0.4, -0.2) is 9.13 Å². The van der Waals surface area contributed by atoms with E-state index in [9.17, 15) is 0 Å². The molecule has 0 aliphatic rings. The Labute approximate surface area is 313 Å². The molecule has 0 saturated carbocycles. The lowest BCUT2D eigenvalue weighted by molar-refractivity contribution is 1.18. The van der Waals surface area contributed by atoms with Gasteiger partial charge in [0.1, 0.15) is 0 Å². The maximum atomic E-state index is 2.46. The maximum absolute atomic E-state index is 2.46. The molecule has 0 unspecified atom stereocenters. The molecule has 0 bridgehead atoms. The fourth-order valence-electron chi connectivity index (χ4n) is 8.51. The van der Waals surface area contributed by atoms with Gasteiger partial charge in [0, 0.05) is 32.9 Å². The van der Waals surface area contributed by atoms with Gasteiger partial charge >= 0.3 is 0 Å². The summed E-state index contributed by atoms with van der Waals surface area (Å²) in [5.74, 6) is 0. The predicted octanol–water partition coefficient (Wildman–Crippen LogP) is 14.0. The van der Waals surface area contributed by atoms with E-state index in [0.717, 1.165) is 5.69 Å². The molecule has 0 fully saturated rings. The lowest BCUT2D eigenvalue weighted by atomic mass is 9.98. The normalized spacial score (nSPS) is 11.7. The molecule has 2 heteroatoms. The molecule has 0 aliphatic heterocycles. The van der Waals surface area contributed by atoms with Gasteiger partial charge in [-0.05, 0) is 98.8 Å². The predicted molar refractivity (Wildman–Crippen MR) is 229 cm³/mol. The lowest BCUT2D eigenvalue weighted by Crippen LogP contribution is -1.96. The summed E-state index contributed by atoms with van der Waals surface area (Å²) in [7, 11) is 0. The first-order valence-electron chi connectivity index (χ1n) is 18.6. The van der Waals surface area contributed by atoms with Crippen LogP contribution >= 0.6 is 0 Å². The van der Waals surface area contributed by atoms with E-state index in [0.29, 0.717) is 0 Å². The van der Waals surface area contributed by atoms with Gasteiger partial charge in [0.05, 0.1) is 22.1 Å². The standard InChI is InChI=1S/C52H34N2/c1-3-13-35(14-4-1)41-29-42(36-15-5-2-6-16-36)32-44(31-41)54-50-22-12-10-20-46(50)48-28-25-40(34-52(48)54)39-24-27-47-45-19-9-11-21-49(45)53(51(47)33-39)43-26-23-37-17-7-8-18-38(37)30-43/h1-34H. The van der Waals surface area contributed by atoms with E-state index < -0.39 is 0 Å². The van der Waals surface area contributed by atoms with E-state index in [1.807, 2.05) is 0 Å². The fraction of sp³-hybridized carbons (Fsp3) is 0. The molecule has 252 valence electrons. The third-order valence-corrected chi connectivity index (χ3v) is 11.1. The third-order valence-electron chi connectivity index (χ3n) is 11.1. The van der Waals surface area contributed by atoms with Crippen LogP contribution in [0.25, 0.3) is 99.1 Å². The van der Waals surface area contributed by atoms with Gasteiger partial charge in [-0.3, -0.25) is 0 Å². The minimum absolute atomic E-state index is 1.14. The van der Waals surface area contributed by atoms with E-state index in [1.54, 1.807) is 0 Å². The van der Waals surface area contributed by atoms with Gasteiger partial charge in [0.2, 0.25) is 0 Å². The molecular weight excluding hydrogens is 653 g/mol. The van der Waals surface area contributed by atoms with Gasteiger partial charge in [-0.25, -0.2) is 0 Å². The van der Waals surface area contributed by atoms with Crippen molar-refractivity contribution in [1.82, 2.24) is 9.13 Å². The molecule has 0 saturated heterocycles. The monoisotopic (exact) mass is 686 g/mol. The average Bonchev–Trinajstić information content (AvgIpc) is 3.76. The average molecular weight is 687 g/mol. The number of hydrogen-bond acceptors (Lipinski definition) is 0. The fourth-order valence-corrected chi connectivity index (χ4v) is 8.51. The molecule has 0 atom stereocenters. The SMILES string of the molecule is c1ccc(-c2cc(-c3ccccc3)cc(-n3c4ccccc4c4ccc(-c5ccc6c7ccccc7n(-c7ccc8ccccc8c7)c6c5)cc43)c2)cc1. The molecule has 9 aromatic carbocycles. The Hall–Kier alpha value is -7.16. The van der Waals surface area contributed by atoms with Gasteiger partial charge in [-0.2, -0.15) is 0 Å². The summed E-state index contributed by atoms with van der Waals surface area (Å²) in [6.07, 6.45) is 0. The van der Waals surface area contributed by atoms with E-state index in [-0.39, 0.29) is 0 Å². The van der Waals surface area contributed by atoms with Crippen molar-refractivity contribution in [3.8, 4) is 44.8 Å². The topological polar surface area (TPSA) is 9.86 Å². The van der Waals surface area contributed by atoms with Crippen LogP contribution in [0.1, 0.15) is 0 Å². The van der Waals surface area contributed by atoms with Crippen molar-refractivity contribution in [3.63, 3.8) is 0 Å². The van der Waals surface area contributed by atoms with Crippen molar-refractivity contribution < 1.29 is 0 Å². The minimum Gasteiger partial charge on any atom is -0.309 e. The summed E-state index contributed by atoms with van der Waals surface area (Å²) >= 11 is 0. The molecule has 0 radical (unpaired) electrons. The summed E-state index contributed by atoms with van der Waals surface area (Å²) in [5, 5.41) is 7.49. The van der Waals surface area contributed by atoms with Gasteiger partial charge < -0.3 is 9.13 Å². The van der Waals surface area contributed by atoms with E-state index in [4.69, 9.17) is 0 Å². The van der Waals surface area contributed by atoms with E-state index >= 15 is 0 Å². The van der Waals surface area contributed by atoms with Crippen LogP contribution in [0.2, 0.25) is 0 Å². The molecular formula is C52H34N2. The zero-order valence-electron chi connectivity index (χ0n) is 29.5. The zero-order chi connectivity index (χ0) is 35.6. The van der Waals surface area contributed by atoms with E-state index in [1.165, 1.54) is 93.5 Å². The molecule has 11 rings (SSSR count). The highest BCUT2D eigenvalue weighted by Gasteiger charge is 2.17. The highest BCUT2D eigenvalue weighted by Crippen LogP contribution is 2.40. The third kappa shape index (κ3) is 4.88. The van der Waals surface area contributed by atoms with Crippen molar-refractivity contribution >= 4 is 54.4 Å². The number of para-hydroxylation sites is 2. The highest BCUT2D eigenvalue weighted by atomic mass is 15.0. The molecule has 2 heterocycles. The first kappa shape index (κ1) is 30.5. The van der Waals surface area contributed by atoms with Crippen LogP contribution in [0.3, 0.4) is 0 Å². The second kappa shape index (κ2) is 12.2. The van der Waals surface area contributed by atoms with Crippen molar-refractivity contribution in [3.05, 3.63) is 206 Å².